The summed E-state index contributed by atoms with van der Waals surface area (Å²) in [6.45, 7) is 2.29. The first-order valence-corrected chi connectivity index (χ1v) is 10.5. The van der Waals surface area contributed by atoms with Crippen molar-refractivity contribution in [3.8, 4) is 0 Å². The summed E-state index contributed by atoms with van der Waals surface area (Å²) in [5, 5.41) is 2.79. The molecule has 0 spiro atoms. The number of anilines is 1. The van der Waals surface area contributed by atoms with E-state index in [1.54, 1.807) is 48.5 Å². The molecular formula is C20H25N3O4S. The molecule has 4 N–H and O–H groups in total. The molecule has 7 nitrogen and oxygen atoms in total. The lowest BCUT2D eigenvalue weighted by atomic mass is 10.1. The molecule has 0 aliphatic rings. The Kier molecular flexibility index (Phi) is 7.71. The second kappa shape index (κ2) is 10.0. The molecule has 28 heavy (non-hydrogen) atoms. The summed E-state index contributed by atoms with van der Waals surface area (Å²) in [6.07, 6.45) is 1.64. The first kappa shape index (κ1) is 21.6. The topological polar surface area (TPSA) is 118 Å². The molecule has 0 atom stereocenters. The van der Waals surface area contributed by atoms with Crippen LogP contribution < -0.4 is 15.8 Å². The average molecular weight is 404 g/mol. The van der Waals surface area contributed by atoms with E-state index in [1.165, 1.54) is 0 Å². The molecule has 0 aromatic heterocycles. The quantitative estimate of drug-likeness (QED) is 0.562. The van der Waals surface area contributed by atoms with E-state index in [0.717, 1.165) is 17.5 Å². The minimum atomic E-state index is -3.48. The lowest BCUT2D eigenvalue weighted by Crippen LogP contribution is -2.24. The van der Waals surface area contributed by atoms with E-state index in [0.29, 0.717) is 18.7 Å². The molecular weight excluding hydrogens is 378 g/mol. The van der Waals surface area contributed by atoms with E-state index in [1.807, 2.05) is 6.92 Å². The summed E-state index contributed by atoms with van der Waals surface area (Å²) in [7, 11) is -3.48. The first-order chi connectivity index (χ1) is 13.3. The third kappa shape index (κ3) is 6.79. The predicted octanol–water partition coefficient (Wildman–Crippen LogP) is 1.97. The molecule has 0 saturated carbocycles. The number of primary amides is 1. The molecule has 0 saturated heterocycles. The molecule has 0 radical (unpaired) electrons. The fourth-order valence-corrected chi connectivity index (χ4v) is 3.68. The van der Waals surface area contributed by atoms with E-state index < -0.39 is 15.9 Å². The van der Waals surface area contributed by atoms with Crippen molar-refractivity contribution in [1.29, 1.82) is 0 Å². The molecule has 0 aliphatic carbocycles. The largest absolute Gasteiger partial charge is 0.369 e. The zero-order valence-electron chi connectivity index (χ0n) is 15.8. The Morgan fingerprint density at radius 1 is 0.964 bits per heavy atom. The Labute approximate surface area is 165 Å². The van der Waals surface area contributed by atoms with Crippen molar-refractivity contribution in [2.24, 2.45) is 5.73 Å². The number of nitrogens with one attached hydrogen (secondary N) is 2. The number of nitrogens with two attached hydrogens (primary N) is 1. The van der Waals surface area contributed by atoms with Crippen molar-refractivity contribution in [2.45, 2.75) is 37.5 Å². The van der Waals surface area contributed by atoms with Crippen molar-refractivity contribution in [1.82, 2.24) is 4.72 Å². The maximum Gasteiger partial charge on any atom is 0.240 e. The Balaban J connectivity index is 1.86. The van der Waals surface area contributed by atoms with Crippen LogP contribution >= 0.6 is 0 Å². The molecule has 0 bridgehead atoms. The van der Waals surface area contributed by atoms with Crippen LogP contribution in [0.25, 0.3) is 0 Å². The zero-order valence-corrected chi connectivity index (χ0v) is 16.6. The molecule has 150 valence electrons. The lowest BCUT2D eigenvalue weighted by molar-refractivity contribution is -0.117. The monoisotopic (exact) mass is 403 g/mol. The van der Waals surface area contributed by atoms with Gasteiger partial charge in [0, 0.05) is 18.7 Å². The van der Waals surface area contributed by atoms with Gasteiger partial charge in [0.1, 0.15) is 0 Å². The van der Waals surface area contributed by atoms with Crippen molar-refractivity contribution in [3.63, 3.8) is 0 Å². The summed E-state index contributed by atoms with van der Waals surface area (Å²) in [5.74, 6) is -0.555. The Morgan fingerprint density at radius 3 is 2.14 bits per heavy atom. The molecule has 8 heteroatoms. The summed E-state index contributed by atoms with van der Waals surface area (Å²) in [6, 6.07) is 13.4. The predicted molar refractivity (Wildman–Crippen MR) is 108 cm³/mol. The van der Waals surface area contributed by atoms with E-state index >= 15 is 0 Å². The highest BCUT2D eigenvalue weighted by molar-refractivity contribution is 7.89. The van der Waals surface area contributed by atoms with Gasteiger partial charge >= 0.3 is 0 Å². The van der Waals surface area contributed by atoms with Crippen LogP contribution in [-0.2, 0) is 32.5 Å². The van der Waals surface area contributed by atoms with Crippen LogP contribution in [0.2, 0.25) is 0 Å². The van der Waals surface area contributed by atoms with Crippen LogP contribution in [0.1, 0.15) is 30.9 Å². The van der Waals surface area contributed by atoms with Gasteiger partial charge in [-0.2, -0.15) is 0 Å². The highest BCUT2D eigenvalue weighted by atomic mass is 32.2. The molecule has 2 amide bonds. The maximum absolute atomic E-state index is 12.1. The number of hydrogen-bond acceptors (Lipinski definition) is 4. The van der Waals surface area contributed by atoms with Crippen molar-refractivity contribution in [2.75, 3.05) is 11.9 Å². The first-order valence-electron chi connectivity index (χ1n) is 9.06. The Morgan fingerprint density at radius 2 is 1.57 bits per heavy atom. The van der Waals surface area contributed by atoms with Gasteiger partial charge < -0.3 is 11.1 Å². The fourth-order valence-electron chi connectivity index (χ4n) is 2.54. The molecule has 2 aromatic carbocycles. The van der Waals surface area contributed by atoms with Gasteiger partial charge in [0.25, 0.3) is 0 Å². The maximum atomic E-state index is 12.1. The zero-order chi connectivity index (χ0) is 20.6. The summed E-state index contributed by atoms with van der Waals surface area (Å²) >= 11 is 0. The van der Waals surface area contributed by atoms with Gasteiger partial charge in [-0.25, -0.2) is 13.1 Å². The minimum Gasteiger partial charge on any atom is -0.369 e. The van der Waals surface area contributed by atoms with Gasteiger partial charge in [-0.1, -0.05) is 31.2 Å². The second-order valence-electron chi connectivity index (χ2n) is 6.43. The lowest BCUT2D eigenvalue weighted by Gasteiger charge is -2.08. The van der Waals surface area contributed by atoms with E-state index in [9.17, 15) is 18.0 Å². The third-order valence-electron chi connectivity index (χ3n) is 4.03. The highest BCUT2D eigenvalue weighted by Gasteiger charge is 2.12. The number of carbonyl (C=O) groups excluding carboxylic acids is 2. The number of aryl methyl sites for hydroxylation is 1. The van der Waals surface area contributed by atoms with Crippen LogP contribution in [0.15, 0.2) is 53.4 Å². The van der Waals surface area contributed by atoms with Gasteiger partial charge in [-0.05, 0) is 48.2 Å². The number of amides is 2. The van der Waals surface area contributed by atoms with Crippen molar-refractivity contribution >= 4 is 27.5 Å². The minimum absolute atomic E-state index is 0.149. The Bertz CT molecular complexity index is 907. The number of benzene rings is 2. The number of hydrogen-bond donors (Lipinski definition) is 3. The normalized spacial score (nSPS) is 11.2. The van der Waals surface area contributed by atoms with Crippen LogP contribution in [0.4, 0.5) is 5.69 Å². The number of sulfonamides is 1. The average Bonchev–Trinajstić information content (AvgIpc) is 2.66. The smallest absolute Gasteiger partial charge is 0.240 e. The summed E-state index contributed by atoms with van der Waals surface area (Å²) < 4.78 is 26.6. The standard InChI is InChI=1S/C20H25N3O4S/c1-2-13-22-28(26,27)18-10-5-15(6-11-18)7-12-20(25)23-17-8-3-16(4-9-17)14-19(21)24/h3-6,8-11,22H,2,7,12-14H2,1H3,(H2,21,24)(H,23,25). The van der Waals surface area contributed by atoms with Crippen molar-refractivity contribution < 1.29 is 18.0 Å². The van der Waals surface area contributed by atoms with Crippen LogP contribution in [0, 0.1) is 0 Å². The second-order valence-corrected chi connectivity index (χ2v) is 8.20. The molecule has 2 rings (SSSR count). The molecule has 0 unspecified atom stereocenters. The summed E-state index contributed by atoms with van der Waals surface area (Å²) in [5.41, 5.74) is 7.45. The van der Waals surface area contributed by atoms with Gasteiger partial charge in [0.2, 0.25) is 21.8 Å². The SMILES string of the molecule is CCCNS(=O)(=O)c1ccc(CCC(=O)Nc2ccc(CC(N)=O)cc2)cc1. The van der Waals surface area contributed by atoms with E-state index in [-0.39, 0.29) is 23.6 Å². The van der Waals surface area contributed by atoms with Gasteiger partial charge in [-0.3, -0.25) is 9.59 Å². The molecule has 0 heterocycles. The van der Waals surface area contributed by atoms with Gasteiger partial charge in [0.15, 0.2) is 0 Å². The van der Waals surface area contributed by atoms with Crippen LogP contribution in [-0.4, -0.2) is 26.8 Å². The summed E-state index contributed by atoms with van der Waals surface area (Å²) in [4.78, 5) is 23.2. The van der Waals surface area contributed by atoms with Crippen LogP contribution in [0.3, 0.4) is 0 Å². The molecule has 0 aliphatic heterocycles. The number of rotatable bonds is 10. The highest BCUT2D eigenvalue weighted by Crippen LogP contribution is 2.14. The number of carbonyl (C=O) groups is 2. The third-order valence-corrected chi connectivity index (χ3v) is 5.51. The van der Waals surface area contributed by atoms with Crippen molar-refractivity contribution in [3.05, 3.63) is 59.7 Å². The van der Waals surface area contributed by atoms with E-state index in [4.69, 9.17) is 5.73 Å². The fraction of sp³-hybridized carbons (Fsp3) is 0.300. The van der Waals surface area contributed by atoms with Gasteiger partial charge in [-0.15, -0.1) is 0 Å². The molecule has 0 fully saturated rings. The van der Waals surface area contributed by atoms with E-state index in [2.05, 4.69) is 10.0 Å². The van der Waals surface area contributed by atoms with Crippen LogP contribution in [0.5, 0.6) is 0 Å². The van der Waals surface area contributed by atoms with Gasteiger partial charge in [0.05, 0.1) is 11.3 Å². The molecule has 2 aromatic rings. The Hall–Kier alpha value is -2.71.